The molecule has 0 aliphatic heterocycles. The Kier molecular flexibility index (Phi) is 7.54. The molecule has 0 fully saturated rings. The molecule has 30 heavy (non-hydrogen) atoms. The number of amides is 1. The Bertz CT molecular complexity index is 1050. The van der Waals surface area contributed by atoms with E-state index >= 15 is 0 Å². The topological polar surface area (TPSA) is 77.8 Å². The summed E-state index contributed by atoms with van der Waals surface area (Å²) in [4.78, 5) is 12.9. The first-order valence-electron chi connectivity index (χ1n) is 9.22. The fourth-order valence-corrected chi connectivity index (χ4v) is 4.17. The molecule has 0 aliphatic rings. The number of hydrogen-bond acceptors (Lipinski definition) is 5. The second-order valence-electron chi connectivity index (χ2n) is 6.41. The predicted octanol–water partition coefficient (Wildman–Crippen LogP) is 4.23. The summed E-state index contributed by atoms with van der Waals surface area (Å²) in [5, 5.41) is 3.34. The van der Waals surface area contributed by atoms with Crippen molar-refractivity contribution in [1.29, 1.82) is 0 Å². The molecular weight excluding hydrogens is 426 g/mol. The smallest absolute Gasteiger partial charge is 0.287 e. The van der Waals surface area contributed by atoms with Crippen molar-refractivity contribution in [3.63, 3.8) is 0 Å². The number of ether oxygens (including phenoxy) is 2. The average molecular weight is 448 g/mol. The molecule has 0 spiro atoms. The maximum Gasteiger partial charge on any atom is 0.287 e. The van der Waals surface area contributed by atoms with Gasteiger partial charge in [0.05, 0.1) is 30.8 Å². The first-order chi connectivity index (χ1) is 14.5. The lowest BCUT2D eigenvalue weighted by Crippen LogP contribution is -2.25. The van der Waals surface area contributed by atoms with Crippen LogP contribution in [0.1, 0.15) is 21.9 Å². The zero-order valence-electron chi connectivity index (χ0n) is 16.6. The molecule has 1 aromatic heterocycles. The van der Waals surface area contributed by atoms with Gasteiger partial charge in [0, 0.05) is 16.5 Å². The Labute approximate surface area is 182 Å². The third-order valence-electron chi connectivity index (χ3n) is 4.36. The highest BCUT2D eigenvalue weighted by atomic mass is 35.5. The fraction of sp³-hybridized carbons (Fsp3) is 0.227. The van der Waals surface area contributed by atoms with Crippen LogP contribution in [0, 0.1) is 0 Å². The maximum absolute atomic E-state index is 12.4. The first kappa shape index (κ1) is 21.9. The van der Waals surface area contributed by atoms with Crippen LogP contribution in [-0.2, 0) is 23.0 Å². The minimum absolute atomic E-state index is 0.166. The molecule has 1 N–H and O–H groups in total. The van der Waals surface area contributed by atoms with E-state index in [-0.39, 0.29) is 17.4 Å². The number of carbonyl (C=O) groups excluding carboxylic acids is 1. The van der Waals surface area contributed by atoms with Gasteiger partial charge in [-0.25, -0.2) is 0 Å². The number of methoxy groups -OCH3 is 2. The highest BCUT2D eigenvalue weighted by Crippen LogP contribution is 2.27. The number of rotatable bonds is 9. The predicted molar refractivity (Wildman–Crippen MR) is 116 cm³/mol. The van der Waals surface area contributed by atoms with E-state index in [0.29, 0.717) is 40.1 Å². The molecule has 3 aromatic rings. The largest absolute Gasteiger partial charge is 0.493 e. The third-order valence-corrected chi connectivity index (χ3v) is 5.93. The third kappa shape index (κ3) is 5.64. The van der Waals surface area contributed by atoms with E-state index in [1.165, 1.54) is 0 Å². The van der Waals surface area contributed by atoms with Gasteiger partial charge in [-0.15, -0.1) is 0 Å². The van der Waals surface area contributed by atoms with Crippen molar-refractivity contribution in [2.45, 2.75) is 17.1 Å². The summed E-state index contributed by atoms with van der Waals surface area (Å²) in [6, 6.07) is 15.7. The Morgan fingerprint density at radius 3 is 2.60 bits per heavy atom. The van der Waals surface area contributed by atoms with Gasteiger partial charge in [0.2, 0.25) is 0 Å². The van der Waals surface area contributed by atoms with Gasteiger partial charge >= 0.3 is 0 Å². The molecule has 3 rings (SSSR count). The van der Waals surface area contributed by atoms with Gasteiger partial charge in [0.1, 0.15) is 5.76 Å². The number of benzene rings is 2. The lowest BCUT2D eigenvalue weighted by Gasteiger charge is -2.09. The van der Waals surface area contributed by atoms with Crippen LogP contribution in [0.15, 0.2) is 63.9 Å². The molecule has 8 heteroatoms. The van der Waals surface area contributed by atoms with Crippen LogP contribution >= 0.6 is 11.6 Å². The van der Waals surface area contributed by atoms with Crippen molar-refractivity contribution in [3.8, 4) is 11.5 Å². The fourth-order valence-electron chi connectivity index (χ4n) is 2.84. The minimum atomic E-state index is -1.31. The Balaban J connectivity index is 1.53. The number of halogens is 1. The van der Waals surface area contributed by atoms with Crippen LogP contribution in [0.3, 0.4) is 0 Å². The van der Waals surface area contributed by atoms with E-state index in [4.69, 9.17) is 25.5 Å². The molecule has 0 radical (unpaired) electrons. The Morgan fingerprint density at radius 1 is 1.07 bits per heavy atom. The molecule has 1 unspecified atom stereocenters. The summed E-state index contributed by atoms with van der Waals surface area (Å²) in [6.45, 7) is 0.429. The van der Waals surface area contributed by atoms with E-state index in [9.17, 15) is 9.00 Å². The molecule has 0 aliphatic carbocycles. The molecule has 158 valence electrons. The number of carbonyl (C=O) groups is 1. The zero-order valence-corrected chi connectivity index (χ0v) is 18.2. The van der Waals surface area contributed by atoms with Crippen molar-refractivity contribution in [2.75, 3.05) is 20.8 Å². The van der Waals surface area contributed by atoms with E-state index in [0.717, 1.165) is 5.56 Å². The molecule has 2 aromatic carbocycles. The highest BCUT2D eigenvalue weighted by molar-refractivity contribution is 7.84. The summed E-state index contributed by atoms with van der Waals surface area (Å²) in [5.41, 5.74) is 1.00. The van der Waals surface area contributed by atoms with Gasteiger partial charge in [-0.3, -0.25) is 9.00 Å². The van der Waals surface area contributed by atoms with Crippen molar-refractivity contribution in [1.82, 2.24) is 5.32 Å². The van der Waals surface area contributed by atoms with Crippen molar-refractivity contribution >= 4 is 28.3 Å². The van der Waals surface area contributed by atoms with Gasteiger partial charge in [-0.05, 0) is 54.4 Å². The molecule has 0 saturated heterocycles. The van der Waals surface area contributed by atoms with Gasteiger partial charge in [-0.1, -0.05) is 23.7 Å². The second kappa shape index (κ2) is 10.3. The van der Waals surface area contributed by atoms with E-state index in [2.05, 4.69) is 5.32 Å². The molecule has 0 saturated carbocycles. The van der Waals surface area contributed by atoms with Gasteiger partial charge in [-0.2, -0.15) is 0 Å². The minimum Gasteiger partial charge on any atom is -0.493 e. The van der Waals surface area contributed by atoms with E-state index in [1.807, 2.05) is 18.2 Å². The van der Waals surface area contributed by atoms with Gasteiger partial charge in [0.25, 0.3) is 5.91 Å². The Morgan fingerprint density at radius 2 is 1.87 bits per heavy atom. The standard InChI is InChI=1S/C22H22ClNO5S/c1-27-19-8-6-15(12-21(19)28-2)10-11-24-22(25)20-9-7-17(29-20)14-30(26)18-5-3-4-16(23)13-18/h3-9,12-13H,10-11,14H2,1-2H3,(H,24,25). The Hall–Kier alpha value is -2.77. The normalized spacial score (nSPS) is 11.7. The van der Waals surface area contributed by atoms with Crippen LogP contribution in [0.25, 0.3) is 0 Å². The van der Waals surface area contributed by atoms with Crippen LogP contribution in [0.4, 0.5) is 0 Å². The van der Waals surface area contributed by atoms with Gasteiger partial charge in [0.15, 0.2) is 17.3 Å². The van der Waals surface area contributed by atoms with Crippen molar-refractivity contribution < 1.29 is 22.9 Å². The quantitative estimate of drug-likeness (QED) is 0.531. The second-order valence-corrected chi connectivity index (χ2v) is 8.30. The lowest BCUT2D eigenvalue weighted by atomic mass is 10.1. The number of furan rings is 1. The summed E-state index contributed by atoms with van der Waals surface area (Å²) < 4.78 is 28.5. The molecule has 1 atom stereocenters. The van der Waals surface area contributed by atoms with Crippen LogP contribution in [0.5, 0.6) is 11.5 Å². The first-order valence-corrected chi connectivity index (χ1v) is 10.9. The average Bonchev–Trinajstić information content (AvgIpc) is 3.22. The lowest BCUT2D eigenvalue weighted by molar-refractivity contribution is 0.0925. The SMILES string of the molecule is COc1ccc(CCNC(=O)c2ccc(CS(=O)c3cccc(Cl)c3)o2)cc1OC. The van der Waals surface area contributed by atoms with Crippen LogP contribution in [0.2, 0.25) is 5.02 Å². The number of hydrogen-bond donors (Lipinski definition) is 1. The molecule has 0 bridgehead atoms. The molecule has 6 nitrogen and oxygen atoms in total. The molecular formula is C22H22ClNO5S. The van der Waals surface area contributed by atoms with E-state index < -0.39 is 10.8 Å². The summed E-state index contributed by atoms with van der Waals surface area (Å²) in [6.07, 6.45) is 0.623. The summed E-state index contributed by atoms with van der Waals surface area (Å²) in [5.74, 6) is 1.79. The monoisotopic (exact) mass is 447 g/mol. The van der Waals surface area contributed by atoms with Gasteiger partial charge < -0.3 is 19.2 Å². The van der Waals surface area contributed by atoms with Crippen LogP contribution < -0.4 is 14.8 Å². The summed E-state index contributed by atoms with van der Waals surface area (Å²) in [7, 11) is 1.85. The molecule has 1 amide bonds. The summed E-state index contributed by atoms with van der Waals surface area (Å²) >= 11 is 5.94. The molecule has 1 heterocycles. The highest BCUT2D eigenvalue weighted by Gasteiger charge is 2.14. The number of nitrogens with one attached hydrogen (secondary N) is 1. The maximum atomic E-state index is 12.4. The van der Waals surface area contributed by atoms with Crippen molar-refractivity contribution in [2.24, 2.45) is 0 Å². The van der Waals surface area contributed by atoms with E-state index in [1.54, 1.807) is 50.6 Å². The van der Waals surface area contributed by atoms with Crippen LogP contribution in [-0.4, -0.2) is 30.9 Å². The zero-order chi connectivity index (χ0) is 21.5. The van der Waals surface area contributed by atoms with Crippen molar-refractivity contribution in [3.05, 3.63) is 76.7 Å².